The Morgan fingerprint density at radius 2 is 2.24 bits per heavy atom. The molecule has 1 saturated heterocycles. The summed E-state index contributed by atoms with van der Waals surface area (Å²) in [6, 6.07) is 2.21. The molecule has 3 heteroatoms. The van der Waals surface area contributed by atoms with Gasteiger partial charge in [-0.3, -0.25) is 4.98 Å². The lowest BCUT2D eigenvalue weighted by Crippen LogP contribution is -2.24. The van der Waals surface area contributed by atoms with Gasteiger partial charge in [0, 0.05) is 19.6 Å². The molecule has 0 bridgehead atoms. The number of nitrogens with zero attached hydrogens (tertiary/aromatic N) is 2. The first kappa shape index (κ1) is 12.2. The third-order valence-electron chi connectivity index (χ3n) is 3.49. The molecule has 1 N–H and O–H groups in total. The van der Waals surface area contributed by atoms with Crippen LogP contribution in [0.3, 0.4) is 0 Å². The predicted octanol–water partition coefficient (Wildman–Crippen LogP) is 3.14. The smallest absolute Gasteiger partial charge is 0.0573 e. The van der Waals surface area contributed by atoms with Crippen molar-refractivity contribution in [2.24, 2.45) is 5.92 Å². The van der Waals surface area contributed by atoms with E-state index in [9.17, 15) is 0 Å². The van der Waals surface area contributed by atoms with Crippen LogP contribution in [0.25, 0.3) is 0 Å². The van der Waals surface area contributed by atoms with Gasteiger partial charge in [0.05, 0.1) is 23.8 Å². The summed E-state index contributed by atoms with van der Waals surface area (Å²) in [4.78, 5) is 6.79. The van der Waals surface area contributed by atoms with Crippen molar-refractivity contribution in [3.8, 4) is 0 Å². The molecule has 94 valence electrons. The first-order chi connectivity index (χ1) is 8.29. The van der Waals surface area contributed by atoms with E-state index in [-0.39, 0.29) is 0 Å². The first-order valence-electron chi connectivity index (χ1n) is 6.73. The number of rotatable bonds is 3. The molecule has 1 aliphatic rings. The minimum absolute atomic E-state index is 0.866. The Bertz CT molecular complexity index is 351. The molecule has 1 aliphatic heterocycles. The van der Waals surface area contributed by atoms with Crippen LogP contribution in [0.1, 0.15) is 33.1 Å². The van der Waals surface area contributed by atoms with Crippen LogP contribution in [0, 0.1) is 5.92 Å². The zero-order chi connectivity index (χ0) is 12.1. The van der Waals surface area contributed by atoms with Crippen molar-refractivity contribution in [3.63, 3.8) is 0 Å². The molecule has 1 aromatic rings. The largest absolute Gasteiger partial charge is 0.384 e. The van der Waals surface area contributed by atoms with Crippen molar-refractivity contribution in [2.45, 2.75) is 33.1 Å². The molecular formula is C14H23N3. The molecule has 0 aromatic carbocycles. The van der Waals surface area contributed by atoms with E-state index in [0.29, 0.717) is 0 Å². The van der Waals surface area contributed by atoms with Gasteiger partial charge in [0.2, 0.25) is 0 Å². The van der Waals surface area contributed by atoms with Gasteiger partial charge in [-0.2, -0.15) is 0 Å². The molecule has 2 heterocycles. The molecule has 17 heavy (non-hydrogen) atoms. The van der Waals surface area contributed by atoms with E-state index < -0.39 is 0 Å². The summed E-state index contributed by atoms with van der Waals surface area (Å²) in [5.74, 6) is 0.866. The minimum atomic E-state index is 0.866. The number of hydrogen-bond acceptors (Lipinski definition) is 3. The number of pyridine rings is 1. The van der Waals surface area contributed by atoms with Gasteiger partial charge in [-0.1, -0.05) is 6.92 Å². The molecule has 3 nitrogen and oxygen atoms in total. The van der Waals surface area contributed by atoms with Gasteiger partial charge in [0.25, 0.3) is 0 Å². The zero-order valence-electron chi connectivity index (χ0n) is 10.9. The van der Waals surface area contributed by atoms with Crippen LogP contribution in [0.5, 0.6) is 0 Å². The molecule has 1 fully saturated rings. The molecule has 0 amide bonds. The van der Waals surface area contributed by atoms with Crippen LogP contribution in [-0.2, 0) is 0 Å². The lowest BCUT2D eigenvalue weighted by Gasteiger charge is -2.23. The molecule has 1 atom stereocenters. The average Bonchev–Trinajstić information content (AvgIpc) is 2.55. The highest BCUT2D eigenvalue weighted by molar-refractivity contribution is 5.55. The maximum atomic E-state index is 4.32. The van der Waals surface area contributed by atoms with E-state index in [4.69, 9.17) is 0 Å². The van der Waals surface area contributed by atoms with E-state index in [1.807, 2.05) is 12.4 Å². The fourth-order valence-electron chi connectivity index (χ4n) is 2.42. The fraction of sp³-hybridized carbons (Fsp3) is 0.643. The van der Waals surface area contributed by atoms with Crippen molar-refractivity contribution in [2.75, 3.05) is 29.9 Å². The highest BCUT2D eigenvalue weighted by Gasteiger charge is 2.14. The molecule has 0 aliphatic carbocycles. The fourth-order valence-corrected chi connectivity index (χ4v) is 2.42. The van der Waals surface area contributed by atoms with Crippen molar-refractivity contribution in [1.29, 1.82) is 0 Å². The normalized spacial score (nSPS) is 21.1. The highest BCUT2D eigenvalue weighted by atomic mass is 15.1. The summed E-state index contributed by atoms with van der Waals surface area (Å²) >= 11 is 0. The molecular weight excluding hydrogens is 210 g/mol. The predicted molar refractivity (Wildman–Crippen MR) is 73.6 cm³/mol. The number of anilines is 2. The Morgan fingerprint density at radius 3 is 3.06 bits per heavy atom. The second kappa shape index (κ2) is 5.89. The van der Waals surface area contributed by atoms with Gasteiger partial charge in [0.15, 0.2) is 0 Å². The number of nitrogens with one attached hydrogen (secondary N) is 1. The Balaban J connectivity index is 2.07. The zero-order valence-corrected chi connectivity index (χ0v) is 10.9. The maximum absolute atomic E-state index is 4.32. The molecule has 1 unspecified atom stereocenters. The average molecular weight is 233 g/mol. The lowest BCUT2D eigenvalue weighted by atomic mass is 10.0. The Labute approximate surface area is 104 Å². The topological polar surface area (TPSA) is 28.2 Å². The Hall–Kier alpha value is -1.25. The molecule has 0 spiro atoms. The van der Waals surface area contributed by atoms with Gasteiger partial charge in [-0.25, -0.2) is 0 Å². The third-order valence-corrected chi connectivity index (χ3v) is 3.49. The SMILES string of the molecule is CCNc1cncc(N2CCCC(C)CC2)c1. The second-order valence-corrected chi connectivity index (χ2v) is 4.99. The number of hydrogen-bond donors (Lipinski definition) is 1. The summed E-state index contributed by atoms with van der Waals surface area (Å²) < 4.78 is 0. The monoisotopic (exact) mass is 233 g/mol. The Morgan fingerprint density at radius 1 is 1.35 bits per heavy atom. The first-order valence-corrected chi connectivity index (χ1v) is 6.73. The van der Waals surface area contributed by atoms with Gasteiger partial charge in [-0.05, 0) is 38.2 Å². The molecule has 2 rings (SSSR count). The van der Waals surface area contributed by atoms with Gasteiger partial charge in [0.1, 0.15) is 0 Å². The van der Waals surface area contributed by atoms with Crippen LogP contribution in [-0.4, -0.2) is 24.6 Å². The van der Waals surface area contributed by atoms with E-state index >= 15 is 0 Å². The van der Waals surface area contributed by atoms with Crippen LogP contribution >= 0.6 is 0 Å². The summed E-state index contributed by atoms with van der Waals surface area (Å²) in [7, 11) is 0. The highest BCUT2D eigenvalue weighted by Crippen LogP contribution is 2.23. The van der Waals surface area contributed by atoms with Crippen molar-refractivity contribution >= 4 is 11.4 Å². The summed E-state index contributed by atoms with van der Waals surface area (Å²) in [5, 5.41) is 3.32. The molecule has 1 aromatic heterocycles. The third kappa shape index (κ3) is 3.35. The van der Waals surface area contributed by atoms with Crippen molar-refractivity contribution in [1.82, 2.24) is 4.98 Å². The lowest BCUT2D eigenvalue weighted by molar-refractivity contribution is 0.521. The summed E-state index contributed by atoms with van der Waals surface area (Å²) in [6.07, 6.45) is 7.83. The minimum Gasteiger partial charge on any atom is -0.384 e. The van der Waals surface area contributed by atoms with E-state index in [1.54, 1.807) is 0 Å². The number of aromatic nitrogens is 1. The molecule has 0 radical (unpaired) electrons. The van der Waals surface area contributed by atoms with Gasteiger partial charge in [-0.15, -0.1) is 0 Å². The van der Waals surface area contributed by atoms with Crippen LogP contribution < -0.4 is 10.2 Å². The summed E-state index contributed by atoms with van der Waals surface area (Å²) in [5.41, 5.74) is 2.39. The van der Waals surface area contributed by atoms with Crippen molar-refractivity contribution in [3.05, 3.63) is 18.5 Å². The van der Waals surface area contributed by atoms with E-state index in [0.717, 1.165) is 18.2 Å². The van der Waals surface area contributed by atoms with Crippen LogP contribution in [0.15, 0.2) is 18.5 Å². The van der Waals surface area contributed by atoms with Gasteiger partial charge >= 0.3 is 0 Å². The van der Waals surface area contributed by atoms with Crippen LogP contribution in [0.4, 0.5) is 11.4 Å². The van der Waals surface area contributed by atoms with E-state index in [2.05, 4.69) is 35.1 Å². The van der Waals surface area contributed by atoms with E-state index in [1.165, 1.54) is 38.0 Å². The standard InChI is InChI=1S/C14H23N3/c1-3-16-13-9-14(11-15-10-13)17-7-4-5-12(2)6-8-17/h9-12,16H,3-8H2,1-2H3. The van der Waals surface area contributed by atoms with Crippen molar-refractivity contribution < 1.29 is 0 Å². The summed E-state index contributed by atoms with van der Waals surface area (Å²) in [6.45, 7) is 7.75. The second-order valence-electron chi connectivity index (χ2n) is 4.99. The maximum Gasteiger partial charge on any atom is 0.0573 e. The molecule has 0 saturated carbocycles. The van der Waals surface area contributed by atoms with Gasteiger partial charge < -0.3 is 10.2 Å². The quantitative estimate of drug-likeness (QED) is 0.869. The van der Waals surface area contributed by atoms with Crippen LogP contribution in [0.2, 0.25) is 0 Å². The Kier molecular flexibility index (Phi) is 4.24.